The van der Waals surface area contributed by atoms with Crippen LogP contribution in [0.4, 0.5) is 4.79 Å². The topological polar surface area (TPSA) is 102 Å². The quantitative estimate of drug-likeness (QED) is 0.519. The number of carbonyl (C=O) groups excluding carboxylic acids is 2. The Labute approximate surface area is 187 Å². The van der Waals surface area contributed by atoms with Gasteiger partial charge in [0.25, 0.3) is 5.91 Å². The number of hydrogen-bond donors (Lipinski definition) is 2. The highest BCUT2D eigenvalue weighted by Gasteiger charge is 2.24. The summed E-state index contributed by atoms with van der Waals surface area (Å²) in [5.41, 5.74) is 1.88. The van der Waals surface area contributed by atoms with Gasteiger partial charge in [0.05, 0.1) is 11.8 Å². The molecule has 0 unspecified atom stereocenters. The molecular weight excluding hydrogens is 428 g/mol. The number of hydrogen-bond acceptors (Lipinski definition) is 5. The van der Waals surface area contributed by atoms with Crippen molar-refractivity contribution < 1.29 is 22.7 Å². The molecule has 3 rings (SSSR count). The molecule has 0 saturated heterocycles. The first-order chi connectivity index (χ1) is 15.4. The van der Waals surface area contributed by atoms with Gasteiger partial charge in [-0.3, -0.25) is 4.79 Å². The Morgan fingerprint density at radius 3 is 1.91 bits per heavy atom. The molecule has 0 aromatic heterocycles. The van der Waals surface area contributed by atoms with Gasteiger partial charge in [0.2, 0.25) is 10.0 Å². The van der Waals surface area contributed by atoms with Gasteiger partial charge in [-0.15, -0.1) is 0 Å². The highest BCUT2D eigenvalue weighted by molar-refractivity contribution is 7.90. The molecule has 0 saturated carbocycles. The maximum atomic E-state index is 12.7. The van der Waals surface area contributed by atoms with Gasteiger partial charge < -0.3 is 10.1 Å². The van der Waals surface area contributed by atoms with Crippen LogP contribution in [0.3, 0.4) is 0 Å². The fraction of sp³-hybridized carbons (Fsp3) is 0.167. The van der Waals surface area contributed by atoms with Gasteiger partial charge in [0.15, 0.2) is 0 Å². The van der Waals surface area contributed by atoms with Crippen LogP contribution in [0.25, 0.3) is 0 Å². The van der Waals surface area contributed by atoms with Crippen molar-refractivity contribution in [2.75, 3.05) is 5.75 Å². The number of alkyl carbamates (subject to hydrolysis) is 1. The maximum Gasteiger partial charge on any atom is 0.407 e. The first-order valence-electron chi connectivity index (χ1n) is 10.0. The second-order valence-electron chi connectivity index (χ2n) is 7.17. The van der Waals surface area contributed by atoms with Crippen molar-refractivity contribution in [3.05, 3.63) is 108 Å². The van der Waals surface area contributed by atoms with Gasteiger partial charge in [-0.2, -0.15) is 0 Å². The van der Waals surface area contributed by atoms with E-state index in [0.717, 1.165) is 11.1 Å². The molecule has 0 aliphatic carbocycles. The molecule has 0 aliphatic heterocycles. The zero-order valence-corrected chi connectivity index (χ0v) is 18.1. The van der Waals surface area contributed by atoms with E-state index in [1.54, 1.807) is 18.2 Å². The van der Waals surface area contributed by atoms with E-state index in [-0.39, 0.29) is 18.6 Å². The number of nitrogens with one attached hydrogen (secondary N) is 2. The first-order valence-corrected chi connectivity index (χ1v) is 11.7. The van der Waals surface area contributed by atoms with Crippen LogP contribution in [0.1, 0.15) is 21.5 Å². The molecule has 3 aromatic carbocycles. The van der Waals surface area contributed by atoms with Crippen molar-refractivity contribution in [3.8, 4) is 0 Å². The molecule has 7 nitrogen and oxygen atoms in total. The molecule has 2 amide bonds. The Morgan fingerprint density at radius 2 is 1.31 bits per heavy atom. The van der Waals surface area contributed by atoms with Crippen LogP contribution in [0.2, 0.25) is 0 Å². The summed E-state index contributed by atoms with van der Waals surface area (Å²) < 4.78 is 32.6. The van der Waals surface area contributed by atoms with E-state index in [4.69, 9.17) is 4.74 Å². The zero-order chi connectivity index (χ0) is 22.8. The number of benzene rings is 3. The molecule has 1 atom stereocenters. The second-order valence-corrected chi connectivity index (χ2v) is 8.94. The van der Waals surface area contributed by atoms with E-state index in [0.29, 0.717) is 0 Å². The molecule has 3 aromatic rings. The Morgan fingerprint density at radius 1 is 0.781 bits per heavy atom. The summed E-state index contributed by atoms with van der Waals surface area (Å²) in [6.07, 6.45) is -0.485. The molecular formula is C24H24N2O5S. The molecule has 0 spiro atoms. The predicted molar refractivity (Wildman–Crippen MR) is 121 cm³/mol. The lowest BCUT2D eigenvalue weighted by atomic mass is 10.1. The summed E-state index contributed by atoms with van der Waals surface area (Å²) in [6, 6.07) is 25.6. The summed E-state index contributed by atoms with van der Waals surface area (Å²) in [4.78, 5) is 24.6. The molecule has 0 radical (unpaired) electrons. The Kier molecular flexibility index (Phi) is 7.99. The van der Waals surface area contributed by atoms with Crippen molar-refractivity contribution in [1.82, 2.24) is 10.0 Å². The molecule has 0 fully saturated rings. The van der Waals surface area contributed by atoms with E-state index in [2.05, 4.69) is 10.0 Å². The third kappa shape index (κ3) is 7.55. The van der Waals surface area contributed by atoms with Crippen molar-refractivity contribution in [3.63, 3.8) is 0 Å². The number of rotatable bonds is 9. The SMILES string of the molecule is O=C(N[C@@H](Cc1ccccc1)CS(=O)(=O)NC(=O)c1ccccc1)OCc1ccccc1. The summed E-state index contributed by atoms with van der Waals surface area (Å²) in [6.45, 7) is 0.0578. The molecule has 0 bridgehead atoms. The molecule has 0 heterocycles. The minimum Gasteiger partial charge on any atom is -0.445 e. The van der Waals surface area contributed by atoms with Gasteiger partial charge in [-0.25, -0.2) is 17.9 Å². The molecule has 0 aliphatic rings. The average Bonchev–Trinajstić information content (AvgIpc) is 2.79. The van der Waals surface area contributed by atoms with Crippen molar-refractivity contribution >= 4 is 22.0 Å². The molecule has 2 N–H and O–H groups in total. The molecule has 166 valence electrons. The summed E-state index contributed by atoms with van der Waals surface area (Å²) in [7, 11) is -4.03. The van der Waals surface area contributed by atoms with Crippen molar-refractivity contribution in [2.45, 2.75) is 19.1 Å². The standard InChI is InChI=1S/C24H24N2O5S/c27-23(21-14-8-3-9-15-21)26-32(29,30)18-22(16-19-10-4-1-5-11-19)25-24(28)31-17-20-12-6-2-7-13-20/h1-15,22H,16-18H2,(H,25,28)(H,26,27)/t22-/m0/s1. The normalized spacial score (nSPS) is 11.9. The Hall–Kier alpha value is -3.65. The fourth-order valence-corrected chi connectivity index (χ4v) is 4.29. The third-order valence-electron chi connectivity index (χ3n) is 4.56. The van der Waals surface area contributed by atoms with Gasteiger partial charge in [-0.05, 0) is 29.7 Å². The van der Waals surface area contributed by atoms with Crippen LogP contribution in [0.5, 0.6) is 0 Å². The van der Waals surface area contributed by atoms with Gasteiger partial charge >= 0.3 is 6.09 Å². The van der Waals surface area contributed by atoms with Crippen LogP contribution in [0.15, 0.2) is 91.0 Å². The van der Waals surface area contributed by atoms with Gasteiger partial charge in [0.1, 0.15) is 6.61 Å². The lowest BCUT2D eigenvalue weighted by Crippen LogP contribution is -2.45. The van der Waals surface area contributed by atoms with Crippen LogP contribution in [-0.2, 0) is 27.8 Å². The van der Waals surface area contributed by atoms with Crippen LogP contribution < -0.4 is 10.0 Å². The average molecular weight is 453 g/mol. The number of carbonyl (C=O) groups is 2. The Bertz CT molecular complexity index is 1120. The smallest absolute Gasteiger partial charge is 0.407 e. The van der Waals surface area contributed by atoms with Gasteiger partial charge in [-0.1, -0.05) is 78.9 Å². The number of ether oxygens (including phenoxy) is 1. The largest absolute Gasteiger partial charge is 0.445 e. The highest BCUT2D eigenvalue weighted by Crippen LogP contribution is 2.08. The number of sulfonamides is 1. The Balaban J connectivity index is 1.66. The van der Waals surface area contributed by atoms with Crippen LogP contribution in [0, 0.1) is 0 Å². The van der Waals surface area contributed by atoms with Crippen LogP contribution >= 0.6 is 0 Å². The van der Waals surface area contributed by atoms with Gasteiger partial charge in [0, 0.05) is 5.56 Å². The minimum absolute atomic E-state index is 0.0578. The van der Waals surface area contributed by atoms with Crippen molar-refractivity contribution in [1.29, 1.82) is 0 Å². The lowest BCUT2D eigenvalue weighted by Gasteiger charge is -2.19. The van der Waals surface area contributed by atoms with E-state index in [1.165, 1.54) is 12.1 Å². The summed E-state index contributed by atoms with van der Waals surface area (Å²) in [5.74, 6) is -1.21. The first kappa shape index (κ1) is 23.0. The summed E-state index contributed by atoms with van der Waals surface area (Å²) in [5, 5.41) is 2.61. The zero-order valence-electron chi connectivity index (χ0n) is 17.3. The van der Waals surface area contributed by atoms with Crippen molar-refractivity contribution in [2.24, 2.45) is 0 Å². The molecule has 32 heavy (non-hydrogen) atoms. The van der Waals surface area contributed by atoms with Crippen LogP contribution in [-0.4, -0.2) is 32.2 Å². The second kappa shape index (κ2) is 11.1. The third-order valence-corrected chi connectivity index (χ3v) is 5.90. The molecule has 8 heteroatoms. The number of amides is 2. The fourth-order valence-electron chi connectivity index (χ4n) is 3.08. The van der Waals surface area contributed by atoms with E-state index < -0.39 is 33.8 Å². The maximum absolute atomic E-state index is 12.7. The highest BCUT2D eigenvalue weighted by atomic mass is 32.2. The predicted octanol–water partition coefficient (Wildman–Crippen LogP) is 3.28. The summed E-state index contributed by atoms with van der Waals surface area (Å²) >= 11 is 0. The van der Waals surface area contributed by atoms with E-state index >= 15 is 0 Å². The monoisotopic (exact) mass is 452 g/mol. The van der Waals surface area contributed by atoms with E-state index in [9.17, 15) is 18.0 Å². The minimum atomic E-state index is -4.03. The van der Waals surface area contributed by atoms with E-state index in [1.807, 2.05) is 60.7 Å². The lowest BCUT2D eigenvalue weighted by molar-refractivity contribution is 0.0981.